The smallest absolute Gasteiger partial charge is 0.256 e. The first kappa shape index (κ1) is 53.2. The number of nitrogens with zero attached hydrogens (tertiary/aromatic N) is 5. The van der Waals surface area contributed by atoms with Gasteiger partial charge in [0.15, 0.2) is 0 Å². The molecule has 6 nitrogen and oxygen atoms in total. The Morgan fingerprint density at radius 1 is 0.301 bits per heavy atom. The lowest BCUT2D eigenvalue weighted by molar-refractivity contribution is 0.487. The predicted octanol–water partition coefficient (Wildman–Crippen LogP) is 18.6. The van der Waals surface area contributed by atoms with Crippen LogP contribution in [0.2, 0.25) is 0 Å². The van der Waals surface area contributed by atoms with E-state index in [9.17, 15) is 0 Å². The molecule has 0 saturated heterocycles. The van der Waals surface area contributed by atoms with Gasteiger partial charge in [-0.1, -0.05) is 217 Å². The van der Waals surface area contributed by atoms with Crippen molar-refractivity contribution in [1.29, 1.82) is 0 Å². The van der Waals surface area contributed by atoms with E-state index in [1.165, 1.54) is 53.8 Å². The van der Waals surface area contributed by atoms with E-state index in [1.807, 2.05) is 11.8 Å². The van der Waals surface area contributed by atoms with Crippen molar-refractivity contribution >= 4 is 148 Å². The zero-order valence-electron chi connectivity index (χ0n) is 50.5. The minimum absolute atomic E-state index is 0.110. The third-order valence-corrected chi connectivity index (χ3v) is 20.3. The second-order valence-corrected chi connectivity index (χ2v) is 25.4. The predicted molar refractivity (Wildman–Crippen MR) is 391 cm³/mol. The second-order valence-electron chi connectivity index (χ2n) is 24.3. The molecule has 0 spiro atoms. The van der Waals surface area contributed by atoms with Gasteiger partial charge in [0, 0.05) is 94.8 Å². The average molecular weight is 1200 g/mol. The number of hydrogen-bond donors (Lipinski definition) is 0. The van der Waals surface area contributed by atoms with E-state index in [0.29, 0.717) is 0 Å². The summed E-state index contributed by atoms with van der Waals surface area (Å²) in [6.07, 6.45) is 0. The quantitative estimate of drug-likeness (QED) is 0.127. The van der Waals surface area contributed by atoms with Crippen LogP contribution in [0.4, 0.5) is 68.2 Å². The topological polar surface area (TPSA) is 27.1 Å². The molecule has 0 fully saturated rings. The van der Waals surface area contributed by atoms with E-state index in [4.69, 9.17) is 4.74 Å². The Bertz CT molecular complexity index is 5350. The third-order valence-electron chi connectivity index (χ3n) is 19.2. The molecule has 1 aromatic heterocycles. The molecule has 0 amide bonds. The van der Waals surface area contributed by atoms with E-state index < -0.39 is 0 Å². The second kappa shape index (κ2) is 21.5. The van der Waals surface area contributed by atoms with Crippen LogP contribution in [0, 0.1) is 0 Å². The first-order chi connectivity index (χ1) is 46.2. The maximum atomic E-state index is 7.43. The summed E-state index contributed by atoms with van der Waals surface area (Å²) in [4.78, 5) is 12.4. The highest BCUT2D eigenvalue weighted by Crippen LogP contribution is 2.53. The molecule has 0 unspecified atom stereocenters. The van der Waals surface area contributed by atoms with Crippen molar-refractivity contribution in [3.63, 3.8) is 0 Å². The van der Waals surface area contributed by atoms with Gasteiger partial charge < -0.3 is 28.9 Å². The molecule has 0 aliphatic carbocycles. The summed E-state index contributed by atoms with van der Waals surface area (Å²) in [5.41, 5.74) is 26.1. The van der Waals surface area contributed by atoms with Gasteiger partial charge in [-0.05, 0) is 160 Å². The number of fused-ring (bicyclic) bond motifs is 11. The molecule has 0 atom stereocenters. The van der Waals surface area contributed by atoms with Crippen molar-refractivity contribution in [2.24, 2.45) is 0 Å². The zero-order chi connectivity index (χ0) is 61.1. The van der Waals surface area contributed by atoms with Gasteiger partial charge in [-0.25, -0.2) is 0 Å². The molecule has 0 radical (unpaired) electrons. The number of para-hydroxylation sites is 9. The first-order valence-electron chi connectivity index (χ1n) is 31.9. The highest BCUT2D eigenvalue weighted by atomic mass is 32.2. The lowest BCUT2D eigenvalue weighted by Gasteiger charge is -2.44. The van der Waals surface area contributed by atoms with Crippen molar-refractivity contribution in [2.45, 2.75) is 9.79 Å². The molecule has 5 heterocycles. The average Bonchev–Trinajstić information content (AvgIpc) is 1.11. The van der Waals surface area contributed by atoms with Crippen molar-refractivity contribution in [1.82, 2.24) is 4.57 Å². The standard InChI is InChI=1S/C84H55B2N5OS/c1-8-28-56(29-9-1)81-72(48-49-73-82(81)65-42-22-25-45-70(65)89(73)61-38-18-6-19-39-61)91-74-55-79-69(54-68(74)86-67-44-24-27-47-77(67)92-78-52-63(50-75(91)83(78)86)87(57-30-10-2-11-31-57)58-32-12-3-13-33-58)85-66-43-23-26-46-71(66)90(62-40-20-7-21-41-62)76-51-64(53-80(93-79)84(76)85)88(59-34-14-4-15-35-59)60-36-16-5-17-37-60/h1-55H. The van der Waals surface area contributed by atoms with Gasteiger partial charge in [-0.3, -0.25) is 0 Å². The SMILES string of the molecule is c1ccc(-c2c(N3c4cc5c(cc4B4c6ccccc6Oc6cc(N(c7ccccc7)c7ccccc7)cc3c64)B3c4ccccc4N(c4ccccc4)c4cc(N(c6ccccc6)c6ccccc6)cc(c43)S5)ccc3c2c2ccccc2n3-c2ccccc2)cc1. The van der Waals surface area contributed by atoms with Gasteiger partial charge in [0.2, 0.25) is 6.71 Å². The number of anilines is 12. The van der Waals surface area contributed by atoms with Crippen LogP contribution in [-0.4, -0.2) is 18.0 Å². The lowest BCUT2D eigenvalue weighted by atomic mass is 9.31. The lowest BCUT2D eigenvalue weighted by Crippen LogP contribution is -2.63. The molecule has 434 valence electrons. The van der Waals surface area contributed by atoms with E-state index in [-0.39, 0.29) is 13.4 Å². The Hall–Kier alpha value is -11.6. The Morgan fingerprint density at radius 3 is 1.46 bits per heavy atom. The fraction of sp³-hybridized carbons (Fsp3) is 0. The maximum absolute atomic E-state index is 7.43. The highest BCUT2D eigenvalue weighted by molar-refractivity contribution is 8.00. The molecule has 14 aromatic carbocycles. The van der Waals surface area contributed by atoms with Crippen molar-refractivity contribution in [3.05, 3.63) is 334 Å². The van der Waals surface area contributed by atoms with E-state index in [1.54, 1.807) is 0 Å². The third kappa shape index (κ3) is 8.40. The Balaban J connectivity index is 0.928. The molecular formula is C84H55B2N5OS. The largest absolute Gasteiger partial charge is 0.458 e. The molecule has 15 aromatic rings. The summed E-state index contributed by atoms with van der Waals surface area (Å²) < 4.78 is 9.87. The fourth-order valence-electron chi connectivity index (χ4n) is 15.4. The molecule has 4 aliphatic heterocycles. The molecule has 4 aliphatic rings. The van der Waals surface area contributed by atoms with Crippen LogP contribution in [0.25, 0.3) is 38.6 Å². The first-order valence-corrected chi connectivity index (χ1v) is 32.7. The minimum atomic E-state index is -0.199. The van der Waals surface area contributed by atoms with Crippen LogP contribution < -0.4 is 57.1 Å². The number of benzene rings is 14. The van der Waals surface area contributed by atoms with Crippen LogP contribution in [0.3, 0.4) is 0 Å². The van der Waals surface area contributed by atoms with Gasteiger partial charge in [-0.2, -0.15) is 0 Å². The van der Waals surface area contributed by atoms with E-state index in [0.717, 1.165) is 107 Å². The zero-order valence-corrected chi connectivity index (χ0v) is 51.3. The van der Waals surface area contributed by atoms with Gasteiger partial charge >= 0.3 is 0 Å². The van der Waals surface area contributed by atoms with Crippen LogP contribution in [-0.2, 0) is 0 Å². The maximum Gasteiger partial charge on any atom is 0.256 e. The van der Waals surface area contributed by atoms with Crippen LogP contribution in [0.1, 0.15) is 0 Å². The molecular weight excluding hydrogens is 1150 g/mol. The normalized spacial score (nSPS) is 12.9. The van der Waals surface area contributed by atoms with Gasteiger partial charge in [0.1, 0.15) is 11.5 Å². The minimum Gasteiger partial charge on any atom is -0.458 e. The van der Waals surface area contributed by atoms with Gasteiger partial charge in [0.25, 0.3) is 6.71 Å². The van der Waals surface area contributed by atoms with E-state index in [2.05, 4.69) is 358 Å². The van der Waals surface area contributed by atoms with Gasteiger partial charge in [-0.15, -0.1) is 0 Å². The van der Waals surface area contributed by atoms with Crippen molar-refractivity contribution in [2.75, 3.05) is 19.6 Å². The molecule has 0 saturated carbocycles. The highest BCUT2D eigenvalue weighted by Gasteiger charge is 2.47. The number of rotatable bonds is 10. The molecule has 0 N–H and O–H groups in total. The summed E-state index contributed by atoms with van der Waals surface area (Å²) in [6.45, 7) is -0.310. The summed E-state index contributed by atoms with van der Waals surface area (Å²) in [6, 6.07) is 122. The van der Waals surface area contributed by atoms with E-state index >= 15 is 0 Å². The number of hydrogen-bond acceptors (Lipinski definition) is 6. The summed E-state index contributed by atoms with van der Waals surface area (Å²) in [5, 5.41) is 2.37. The van der Waals surface area contributed by atoms with Crippen molar-refractivity contribution in [3.8, 4) is 28.3 Å². The monoisotopic (exact) mass is 1200 g/mol. The Morgan fingerprint density at radius 2 is 0.817 bits per heavy atom. The Kier molecular flexibility index (Phi) is 12.3. The summed E-state index contributed by atoms with van der Waals surface area (Å²) >= 11 is 1.90. The molecule has 0 bridgehead atoms. The van der Waals surface area contributed by atoms with Crippen LogP contribution in [0.15, 0.2) is 343 Å². The van der Waals surface area contributed by atoms with Crippen molar-refractivity contribution < 1.29 is 4.74 Å². The molecule has 93 heavy (non-hydrogen) atoms. The Labute approximate surface area is 545 Å². The summed E-state index contributed by atoms with van der Waals surface area (Å²) in [7, 11) is 0. The number of ether oxygens (including phenoxy) is 1. The van der Waals surface area contributed by atoms with Gasteiger partial charge in [0.05, 0.1) is 22.4 Å². The summed E-state index contributed by atoms with van der Waals surface area (Å²) in [5.74, 6) is 1.69. The number of aromatic nitrogens is 1. The van der Waals surface area contributed by atoms with Crippen LogP contribution >= 0.6 is 11.8 Å². The molecule has 9 heteroatoms. The molecule has 19 rings (SSSR count). The van der Waals surface area contributed by atoms with Crippen LogP contribution in [0.5, 0.6) is 11.5 Å². The fourth-order valence-corrected chi connectivity index (χ4v) is 16.6.